The number of nitrogens with zero attached hydrogens (tertiary/aromatic N) is 1. The maximum absolute atomic E-state index is 13.5. The number of rotatable bonds is 13. The Morgan fingerprint density at radius 2 is 1.77 bits per heavy atom. The number of carbonyl (C=O) groups excluding carboxylic acids is 4. The van der Waals surface area contributed by atoms with E-state index in [1.165, 1.54) is 0 Å². The van der Waals surface area contributed by atoms with E-state index >= 15 is 0 Å². The number of amides is 4. The molecule has 2 aliphatic rings. The van der Waals surface area contributed by atoms with E-state index in [0.29, 0.717) is 58.7 Å². The van der Waals surface area contributed by atoms with E-state index in [1.807, 2.05) is 30.8 Å². The number of thioether (sulfide) groups is 1. The number of hydrogen-bond donors (Lipinski definition) is 4. The van der Waals surface area contributed by atoms with Gasteiger partial charge in [0.2, 0.25) is 11.8 Å². The van der Waals surface area contributed by atoms with Gasteiger partial charge in [-0.15, -0.1) is 0 Å². The van der Waals surface area contributed by atoms with Crippen LogP contribution in [-0.4, -0.2) is 71.6 Å². The summed E-state index contributed by atoms with van der Waals surface area (Å²) >= 11 is 7.90. The molecule has 44 heavy (non-hydrogen) atoms. The van der Waals surface area contributed by atoms with Gasteiger partial charge in [0.15, 0.2) is 0 Å². The van der Waals surface area contributed by atoms with Crippen LogP contribution in [0, 0.1) is 6.92 Å². The molecule has 5 rings (SSSR count). The van der Waals surface area contributed by atoms with Gasteiger partial charge in [0.25, 0.3) is 5.91 Å². The average molecular weight is 640 g/mol. The fourth-order valence-corrected chi connectivity index (χ4v) is 7.59. The van der Waals surface area contributed by atoms with Crippen LogP contribution >= 0.6 is 23.4 Å². The van der Waals surface area contributed by atoms with Crippen molar-refractivity contribution < 1.29 is 23.9 Å². The van der Waals surface area contributed by atoms with Crippen LogP contribution in [0.3, 0.4) is 0 Å². The maximum atomic E-state index is 13.5. The summed E-state index contributed by atoms with van der Waals surface area (Å²) in [6.45, 7) is 2.74. The smallest absolute Gasteiger partial charge is 0.315 e. The molecule has 0 spiro atoms. The normalized spacial score (nSPS) is 18.9. The lowest BCUT2D eigenvalue weighted by Crippen LogP contribution is -2.36. The van der Waals surface area contributed by atoms with Crippen LogP contribution in [-0.2, 0) is 16.0 Å². The highest BCUT2D eigenvalue weighted by molar-refractivity contribution is 8.00. The van der Waals surface area contributed by atoms with Gasteiger partial charge >= 0.3 is 6.03 Å². The Balaban J connectivity index is 1.07. The predicted octanol–water partition coefficient (Wildman–Crippen LogP) is 4.19. The molecule has 12 heteroatoms. The Kier molecular flexibility index (Phi) is 10.4. The van der Waals surface area contributed by atoms with Gasteiger partial charge in [-0.05, 0) is 74.2 Å². The number of fused-ring (bicyclic) bond motifs is 2. The lowest BCUT2D eigenvalue weighted by atomic mass is 10.0. The number of nitrogens with one attached hydrogen (secondary N) is 4. The number of aromatic nitrogens is 1. The molecule has 1 aromatic heterocycles. The molecule has 0 radical (unpaired) electrons. The number of methoxy groups -OCH3 is 1. The van der Waals surface area contributed by atoms with E-state index in [-0.39, 0.29) is 42.3 Å². The summed E-state index contributed by atoms with van der Waals surface area (Å²) in [6.07, 6.45) is 3.89. The zero-order valence-corrected chi connectivity index (χ0v) is 26.5. The molecule has 3 heterocycles. The van der Waals surface area contributed by atoms with Gasteiger partial charge in [-0.25, -0.2) is 4.79 Å². The van der Waals surface area contributed by atoms with Crippen LogP contribution in [0.1, 0.15) is 53.7 Å². The topological polar surface area (TPSA) is 131 Å². The number of unbranched alkanes of at least 4 members (excludes halogenated alkanes) is 1. The minimum absolute atomic E-state index is 0.00634. The minimum atomic E-state index is -0.206. The summed E-state index contributed by atoms with van der Waals surface area (Å²) < 4.78 is 7.04. The fraction of sp³-hybridized carbons (Fsp3) is 0.438. The van der Waals surface area contributed by atoms with Gasteiger partial charge in [0.1, 0.15) is 5.75 Å². The van der Waals surface area contributed by atoms with Crippen LogP contribution in [0.15, 0.2) is 42.5 Å². The Bertz CT molecular complexity index is 1540. The highest BCUT2D eigenvalue weighted by atomic mass is 35.5. The summed E-state index contributed by atoms with van der Waals surface area (Å²) in [5, 5.41) is 13.5. The number of urea groups is 1. The second-order valence-electron chi connectivity index (χ2n) is 11.2. The number of carbonyl (C=O) groups is 4. The second kappa shape index (κ2) is 14.4. The van der Waals surface area contributed by atoms with Crippen molar-refractivity contribution in [1.82, 2.24) is 25.8 Å². The zero-order chi connectivity index (χ0) is 31.2. The van der Waals surface area contributed by atoms with E-state index in [0.717, 1.165) is 36.0 Å². The van der Waals surface area contributed by atoms with Crippen molar-refractivity contribution in [2.45, 2.75) is 62.8 Å². The van der Waals surface area contributed by atoms with Crippen LogP contribution < -0.4 is 26.0 Å². The van der Waals surface area contributed by atoms with Gasteiger partial charge in [-0.3, -0.25) is 19.0 Å². The summed E-state index contributed by atoms with van der Waals surface area (Å²) in [6, 6.07) is 12.5. The SMILES string of the molecule is COc1ccc2c(c1)c(CC(=O)NCCCNC(=O)CCCC[C@@H]1SC[C@@H]3NC(=O)N[C@@H]31)c(C)n2C(=O)c1ccc(Cl)cc1. The Hall–Kier alpha value is -3.70. The van der Waals surface area contributed by atoms with Gasteiger partial charge < -0.3 is 26.0 Å². The highest BCUT2D eigenvalue weighted by Gasteiger charge is 2.42. The Morgan fingerprint density at radius 3 is 2.52 bits per heavy atom. The molecule has 234 valence electrons. The summed E-state index contributed by atoms with van der Waals surface area (Å²) in [4.78, 5) is 50.2. The van der Waals surface area contributed by atoms with Crippen LogP contribution in [0.4, 0.5) is 4.79 Å². The number of benzene rings is 2. The number of ether oxygens (including phenoxy) is 1. The molecule has 0 saturated carbocycles. The molecule has 0 aliphatic carbocycles. The predicted molar refractivity (Wildman–Crippen MR) is 173 cm³/mol. The summed E-state index contributed by atoms with van der Waals surface area (Å²) in [5.41, 5.74) is 2.63. The summed E-state index contributed by atoms with van der Waals surface area (Å²) in [7, 11) is 1.58. The number of halogens is 1. The van der Waals surface area contributed by atoms with E-state index in [9.17, 15) is 19.2 Å². The van der Waals surface area contributed by atoms with Crippen molar-refractivity contribution in [1.29, 1.82) is 0 Å². The first-order chi connectivity index (χ1) is 21.2. The quantitative estimate of drug-likeness (QED) is 0.164. The molecule has 10 nitrogen and oxygen atoms in total. The van der Waals surface area contributed by atoms with Crippen molar-refractivity contribution in [3.05, 3.63) is 64.3 Å². The standard InChI is InChI=1S/C32H38ClN5O5S/c1-19-23(24-16-22(43-2)12-13-26(24)38(19)31(41)20-8-10-21(33)11-9-20)17-29(40)35-15-5-14-34-28(39)7-4-3-6-27-30-25(18-44-27)36-32(42)37-30/h8-13,16,25,27,30H,3-7,14-15,17-18H2,1-2H3,(H,34,39)(H,35,40)(H2,36,37,42)/t25-,27-,30-/m0/s1. The van der Waals surface area contributed by atoms with Crippen molar-refractivity contribution in [2.75, 3.05) is 26.0 Å². The fourth-order valence-electron chi connectivity index (χ4n) is 5.93. The van der Waals surface area contributed by atoms with Crippen LogP contribution in [0.5, 0.6) is 5.75 Å². The molecule has 2 fully saturated rings. The van der Waals surface area contributed by atoms with Crippen molar-refractivity contribution in [2.24, 2.45) is 0 Å². The van der Waals surface area contributed by atoms with Gasteiger partial charge in [0, 0.05) is 52.2 Å². The van der Waals surface area contributed by atoms with Crippen molar-refractivity contribution in [3.8, 4) is 5.75 Å². The van der Waals surface area contributed by atoms with Crippen molar-refractivity contribution in [3.63, 3.8) is 0 Å². The van der Waals surface area contributed by atoms with Gasteiger partial charge in [-0.2, -0.15) is 11.8 Å². The second-order valence-corrected chi connectivity index (χ2v) is 12.9. The third kappa shape index (κ3) is 7.32. The Labute approximate surface area is 266 Å². The Morgan fingerprint density at radius 1 is 1.02 bits per heavy atom. The highest BCUT2D eigenvalue weighted by Crippen LogP contribution is 2.33. The molecule has 2 aliphatic heterocycles. The largest absolute Gasteiger partial charge is 0.497 e. The maximum Gasteiger partial charge on any atom is 0.315 e. The first kappa shape index (κ1) is 31.7. The molecule has 0 unspecified atom stereocenters. The third-order valence-corrected chi connectivity index (χ3v) is 10.0. The van der Waals surface area contributed by atoms with E-state index in [1.54, 1.807) is 42.0 Å². The zero-order valence-electron chi connectivity index (χ0n) is 24.9. The minimum Gasteiger partial charge on any atom is -0.497 e. The van der Waals surface area contributed by atoms with Gasteiger partial charge in [-0.1, -0.05) is 18.0 Å². The molecular weight excluding hydrogens is 602 g/mol. The third-order valence-electron chi connectivity index (χ3n) is 8.25. The first-order valence-electron chi connectivity index (χ1n) is 15.0. The lowest BCUT2D eigenvalue weighted by molar-refractivity contribution is -0.121. The first-order valence-corrected chi connectivity index (χ1v) is 16.4. The molecule has 0 bridgehead atoms. The molecular formula is C32H38ClN5O5S. The van der Waals surface area contributed by atoms with E-state index in [4.69, 9.17) is 16.3 Å². The van der Waals surface area contributed by atoms with E-state index in [2.05, 4.69) is 21.3 Å². The molecule has 4 N–H and O–H groups in total. The van der Waals surface area contributed by atoms with Crippen molar-refractivity contribution >= 4 is 58.0 Å². The van der Waals surface area contributed by atoms with Gasteiger partial charge in [0.05, 0.1) is 31.1 Å². The number of hydrogen-bond acceptors (Lipinski definition) is 6. The summed E-state index contributed by atoms with van der Waals surface area (Å²) in [5.74, 6) is 1.21. The molecule has 3 aromatic rings. The molecule has 4 amide bonds. The van der Waals surface area contributed by atoms with E-state index < -0.39 is 0 Å². The average Bonchev–Trinajstić information content (AvgIpc) is 3.65. The monoisotopic (exact) mass is 639 g/mol. The molecule has 2 aromatic carbocycles. The molecule has 2 saturated heterocycles. The lowest BCUT2D eigenvalue weighted by Gasteiger charge is -2.16. The van der Waals surface area contributed by atoms with Crippen LogP contribution in [0.2, 0.25) is 5.02 Å². The molecule has 3 atom stereocenters. The van der Waals surface area contributed by atoms with Crippen LogP contribution in [0.25, 0.3) is 10.9 Å².